The topological polar surface area (TPSA) is 45.2 Å². The molecule has 0 unspecified atom stereocenters. The third-order valence-electron chi connectivity index (χ3n) is 4.36. The van der Waals surface area contributed by atoms with Gasteiger partial charge in [-0.05, 0) is 49.6 Å². The third-order valence-corrected chi connectivity index (χ3v) is 4.36. The average Bonchev–Trinajstić information content (AvgIpc) is 3.33. The summed E-state index contributed by atoms with van der Waals surface area (Å²) in [5.41, 5.74) is 2.08. The van der Waals surface area contributed by atoms with Crippen LogP contribution >= 0.6 is 0 Å². The van der Waals surface area contributed by atoms with Gasteiger partial charge in [-0.3, -0.25) is 4.98 Å². The van der Waals surface area contributed by atoms with E-state index in [1.54, 1.807) is 29.4 Å². The summed E-state index contributed by atoms with van der Waals surface area (Å²) in [5, 5.41) is 3.09. The maximum absolute atomic E-state index is 13.0. The zero-order valence-corrected chi connectivity index (χ0v) is 13.9. The Morgan fingerprint density at radius 3 is 2.71 bits per heavy atom. The van der Waals surface area contributed by atoms with Crippen molar-refractivity contribution in [2.75, 3.05) is 0 Å². The van der Waals surface area contributed by atoms with E-state index in [-0.39, 0.29) is 29.8 Å². The van der Waals surface area contributed by atoms with E-state index >= 15 is 0 Å². The first-order chi connectivity index (χ1) is 11.5. The molecule has 1 aromatic carbocycles. The maximum atomic E-state index is 13.0. The highest BCUT2D eigenvalue weighted by Gasteiger charge is 2.40. The minimum atomic E-state index is -0.234. The number of urea groups is 1. The molecular formula is C19H22FN3O. The first kappa shape index (κ1) is 16.4. The summed E-state index contributed by atoms with van der Waals surface area (Å²) in [5.74, 6) is 0.0457. The van der Waals surface area contributed by atoms with E-state index in [0.29, 0.717) is 6.54 Å². The Labute approximate surface area is 141 Å². The van der Waals surface area contributed by atoms with Crippen LogP contribution in [0, 0.1) is 5.82 Å². The van der Waals surface area contributed by atoms with E-state index < -0.39 is 0 Å². The number of benzene rings is 1. The zero-order chi connectivity index (χ0) is 17.1. The SMILES string of the molecule is CC(C)N(Cc1cccnc1)C(=O)N[C@H]1C[C@@H]1c1ccc(F)cc1. The molecule has 1 heterocycles. The Morgan fingerprint density at radius 1 is 1.33 bits per heavy atom. The maximum Gasteiger partial charge on any atom is 0.318 e. The first-order valence-electron chi connectivity index (χ1n) is 8.26. The van der Waals surface area contributed by atoms with Crippen molar-refractivity contribution in [1.29, 1.82) is 0 Å². The minimum Gasteiger partial charge on any atom is -0.335 e. The van der Waals surface area contributed by atoms with Gasteiger partial charge in [-0.1, -0.05) is 18.2 Å². The quantitative estimate of drug-likeness (QED) is 0.910. The van der Waals surface area contributed by atoms with Crippen molar-refractivity contribution in [2.24, 2.45) is 0 Å². The summed E-state index contributed by atoms with van der Waals surface area (Å²) in [6, 6.07) is 10.5. The molecule has 3 rings (SSSR count). The molecule has 0 radical (unpaired) electrons. The number of nitrogens with zero attached hydrogens (tertiary/aromatic N) is 2. The highest BCUT2D eigenvalue weighted by Crippen LogP contribution is 2.40. The van der Waals surface area contributed by atoms with Gasteiger partial charge in [-0.2, -0.15) is 0 Å². The third kappa shape index (κ3) is 3.91. The van der Waals surface area contributed by atoms with Gasteiger partial charge in [-0.15, -0.1) is 0 Å². The molecule has 24 heavy (non-hydrogen) atoms. The molecule has 1 aromatic heterocycles. The van der Waals surface area contributed by atoms with Crippen molar-refractivity contribution >= 4 is 6.03 Å². The van der Waals surface area contributed by atoms with Gasteiger partial charge in [0.1, 0.15) is 5.82 Å². The number of carbonyl (C=O) groups is 1. The van der Waals surface area contributed by atoms with E-state index in [1.165, 1.54) is 12.1 Å². The number of carbonyl (C=O) groups excluding carboxylic acids is 1. The summed E-state index contributed by atoms with van der Waals surface area (Å²) >= 11 is 0. The number of hydrogen-bond acceptors (Lipinski definition) is 2. The molecule has 0 aliphatic heterocycles. The van der Waals surface area contributed by atoms with Crippen LogP contribution in [0.5, 0.6) is 0 Å². The predicted octanol–water partition coefficient (Wildman–Crippen LogP) is 3.70. The Balaban J connectivity index is 1.59. The van der Waals surface area contributed by atoms with E-state index in [1.807, 2.05) is 26.0 Å². The second kappa shape index (κ2) is 6.99. The van der Waals surface area contributed by atoms with Crippen LogP contribution in [0.25, 0.3) is 0 Å². The van der Waals surface area contributed by atoms with Crippen molar-refractivity contribution in [3.05, 3.63) is 65.7 Å². The normalized spacial score (nSPS) is 19.2. The molecule has 1 aliphatic rings. The average molecular weight is 327 g/mol. The number of aromatic nitrogens is 1. The van der Waals surface area contributed by atoms with Gasteiger partial charge in [0, 0.05) is 36.9 Å². The Kier molecular flexibility index (Phi) is 4.79. The van der Waals surface area contributed by atoms with Crippen LogP contribution in [0.2, 0.25) is 0 Å². The minimum absolute atomic E-state index is 0.0662. The molecule has 1 fully saturated rings. The Hall–Kier alpha value is -2.43. The number of hydrogen-bond donors (Lipinski definition) is 1. The van der Waals surface area contributed by atoms with Crippen LogP contribution in [-0.4, -0.2) is 28.0 Å². The monoisotopic (exact) mass is 327 g/mol. The Bertz CT molecular complexity index is 688. The van der Waals surface area contributed by atoms with Gasteiger partial charge >= 0.3 is 6.03 Å². The second-order valence-electron chi connectivity index (χ2n) is 6.53. The molecule has 4 nitrogen and oxygen atoms in total. The predicted molar refractivity (Wildman–Crippen MR) is 91.0 cm³/mol. The van der Waals surface area contributed by atoms with Gasteiger partial charge in [0.05, 0.1) is 0 Å². The standard InChI is InChI=1S/C19H22FN3O/c1-13(2)23(12-14-4-3-9-21-11-14)19(24)22-18-10-17(18)15-5-7-16(20)8-6-15/h3-9,11,13,17-18H,10,12H2,1-2H3,(H,22,24)/t17-,18+/m1/s1. The van der Waals surface area contributed by atoms with Crippen LogP contribution in [0.1, 0.15) is 37.3 Å². The lowest BCUT2D eigenvalue weighted by atomic mass is 10.1. The number of nitrogens with one attached hydrogen (secondary N) is 1. The van der Waals surface area contributed by atoms with Gasteiger partial charge in [0.15, 0.2) is 0 Å². The molecule has 126 valence electrons. The van der Waals surface area contributed by atoms with Crippen molar-refractivity contribution in [3.8, 4) is 0 Å². The molecule has 2 aromatic rings. The van der Waals surface area contributed by atoms with E-state index in [9.17, 15) is 9.18 Å². The molecule has 5 heteroatoms. The van der Waals surface area contributed by atoms with Gasteiger partial charge in [0.2, 0.25) is 0 Å². The molecule has 1 aliphatic carbocycles. The first-order valence-corrected chi connectivity index (χ1v) is 8.26. The van der Waals surface area contributed by atoms with Gasteiger partial charge in [0.25, 0.3) is 0 Å². The molecule has 1 N–H and O–H groups in total. The summed E-state index contributed by atoms with van der Waals surface area (Å²) in [6.45, 7) is 4.53. The molecular weight excluding hydrogens is 305 g/mol. The number of amides is 2. The molecule has 2 amide bonds. The fourth-order valence-electron chi connectivity index (χ4n) is 2.85. The van der Waals surface area contributed by atoms with E-state index in [2.05, 4.69) is 10.3 Å². The number of rotatable bonds is 5. The zero-order valence-electron chi connectivity index (χ0n) is 13.9. The van der Waals surface area contributed by atoms with Crippen molar-refractivity contribution < 1.29 is 9.18 Å². The van der Waals surface area contributed by atoms with E-state index in [4.69, 9.17) is 0 Å². The highest BCUT2D eigenvalue weighted by molar-refractivity contribution is 5.75. The summed E-state index contributed by atoms with van der Waals surface area (Å²) in [4.78, 5) is 18.5. The van der Waals surface area contributed by atoms with Crippen LogP contribution in [0.3, 0.4) is 0 Å². The Morgan fingerprint density at radius 2 is 2.08 bits per heavy atom. The molecule has 2 atom stereocenters. The summed E-state index contributed by atoms with van der Waals surface area (Å²) in [7, 11) is 0. The smallest absolute Gasteiger partial charge is 0.318 e. The van der Waals surface area contributed by atoms with Gasteiger partial charge < -0.3 is 10.2 Å². The second-order valence-corrected chi connectivity index (χ2v) is 6.53. The molecule has 1 saturated carbocycles. The summed E-state index contributed by atoms with van der Waals surface area (Å²) < 4.78 is 13.0. The molecule has 0 saturated heterocycles. The van der Waals surface area contributed by atoms with Crippen molar-refractivity contribution in [1.82, 2.24) is 15.2 Å². The summed E-state index contributed by atoms with van der Waals surface area (Å²) in [6.07, 6.45) is 4.40. The van der Waals surface area contributed by atoms with Crippen LogP contribution in [-0.2, 0) is 6.54 Å². The van der Waals surface area contributed by atoms with Crippen molar-refractivity contribution in [2.45, 2.75) is 44.8 Å². The molecule has 0 spiro atoms. The van der Waals surface area contributed by atoms with E-state index in [0.717, 1.165) is 17.5 Å². The van der Waals surface area contributed by atoms with Gasteiger partial charge in [-0.25, -0.2) is 9.18 Å². The van der Waals surface area contributed by atoms with Crippen molar-refractivity contribution in [3.63, 3.8) is 0 Å². The number of halogens is 1. The lowest BCUT2D eigenvalue weighted by Crippen LogP contribution is -2.44. The van der Waals surface area contributed by atoms with Crippen LogP contribution in [0.4, 0.5) is 9.18 Å². The number of pyridine rings is 1. The lowest BCUT2D eigenvalue weighted by molar-refractivity contribution is 0.179. The van der Waals surface area contributed by atoms with Crippen LogP contribution < -0.4 is 5.32 Å². The molecule has 0 bridgehead atoms. The lowest BCUT2D eigenvalue weighted by Gasteiger charge is -2.27. The fraction of sp³-hybridized carbons (Fsp3) is 0.368. The van der Waals surface area contributed by atoms with Crippen LogP contribution in [0.15, 0.2) is 48.8 Å². The fourth-order valence-corrected chi connectivity index (χ4v) is 2.85. The largest absolute Gasteiger partial charge is 0.335 e. The highest BCUT2D eigenvalue weighted by atomic mass is 19.1.